The Morgan fingerprint density at radius 2 is 1.97 bits per heavy atom. The van der Waals surface area contributed by atoms with E-state index < -0.39 is 0 Å². The summed E-state index contributed by atoms with van der Waals surface area (Å²) in [7, 11) is 0. The van der Waals surface area contributed by atoms with Gasteiger partial charge in [-0.3, -0.25) is 4.90 Å². The van der Waals surface area contributed by atoms with Crippen LogP contribution in [0.25, 0.3) is 10.9 Å². The van der Waals surface area contributed by atoms with Crippen molar-refractivity contribution < 1.29 is 18.7 Å². The van der Waals surface area contributed by atoms with Gasteiger partial charge in [-0.15, -0.1) is 0 Å². The summed E-state index contributed by atoms with van der Waals surface area (Å²) in [6.07, 6.45) is 6.00. The molecule has 6 heteroatoms. The van der Waals surface area contributed by atoms with Crippen LogP contribution in [0.15, 0.2) is 48.7 Å². The number of rotatable bonds is 9. The second-order valence-electron chi connectivity index (χ2n) is 8.38. The third-order valence-corrected chi connectivity index (χ3v) is 6.21. The Kier molecular flexibility index (Phi) is 7.43. The Morgan fingerprint density at radius 1 is 1.16 bits per heavy atom. The topological polar surface area (TPSA) is 54.6 Å². The maximum Gasteiger partial charge on any atom is 0.341 e. The predicted molar refractivity (Wildman–Crippen MR) is 124 cm³/mol. The molecule has 0 atom stereocenters. The molecule has 1 aliphatic rings. The molecule has 1 aliphatic heterocycles. The number of carbonyl (C=O) groups excluding carboxylic acids is 1. The van der Waals surface area contributed by atoms with Crippen molar-refractivity contribution in [3.05, 3.63) is 65.6 Å². The molecule has 0 bridgehead atoms. The van der Waals surface area contributed by atoms with Gasteiger partial charge in [-0.05, 0) is 74.2 Å². The van der Waals surface area contributed by atoms with Gasteiger partial charge >= 0.3 is 5.97 Å². The minimum absolute atomic E-state index is 0.212. The standard InChI is InChI=1S/C26H31FN2O3/c1-2-3-15-32-26(30)22-6-4-5-7-25(22)31-16-14-29-12-10-19(11-13-29)23-18-28-24-17-20(27)8-9-21(23)24/h4-9,17-19,28H,2-3,10-16H2,1H3. The Morgan fingerprint density at radius 3 is 2.78 bits per heavy atom. The first-order valence-electron chi connectivity index (χ1n) is 11.5. The molecule has 5 nitrogen and oxygen atoms in total. The summed E-state index contributed by atoms with van der Waals surface area (Å²) >= 11 is 0. The zero-order valence-corrected chi connectivity index (χ0v) is 18.6. The van der Waals surface area contributed by atoms with E-state index in [1.165, 1.54) is 11.6 Å². The second kappa shape index (κ2) is 10.6. The van der Waals surface area contributed by atoms with Crippen LogP contribution in [0.2, 0.25) is 0 Å². The number of unbranched alkanes of at least 4 members (excludes halogenated alkanes) is 1. The molecule has 0 aliphatic carbocycles. The van der Waals surface area contributed by atoms with E-state index in [9.17, 15) is 9.18 Å². The molecule has 1 saturated heterocycles. The van der Waals surface area contributed by atoms with E-state index in [4.69, 9.17) is 9.47 Å². The van der Waals surface area contributed by atoms with Crippen molar-refractivity contribution in [3.63, 3.8) is 0 Å². The Balaban J connectivity index is 1.26. The van der Waals surface area contributed by atoms with Crippen LogP contribution in [0.1, 0.15) is 54.4 Å². The van der Waals surface area contributed by atoms with Gasteiger partial charge in [0.25, 0.3) is 0 Å². The number of hydrogen-bond donors (Lipinski definition) is 1. The molecular formula is C26H31FN2O3. The second-order valence-corrected chi connectivity index (χ2v) is 8.38. The van der Waals surface area contributed by atoms with Crippen LogP contribution in [0.4, 0.5) is 4.39 Å². The molecule has 32 heavy (non-hydrogen) atoms. The lowest BCUT2D eigenvalue weighted by Gasteiger charge is -2.31. The van der Waals surface area contributed by atoms with Crippen molar-refractivity contribution in [2.75, 3.05) is 32.8 Å². The number of nitrogens with one attached hydrogen (secondary N) is 1. The van der Waals surface area contributed by atoms with Crippen molar-refractivity contribution in [1.29, 1.82) is 0 Å². The molecule has 1 fully saturated rings. The molecule has 0 spiro atoms. The molecule has 4 rings (SSSR count). The SMILES string of the molecule is CCCCOC(=O)c1ccccc1OCCN1CCC(c2c[nH]c3cc(F)ccc23)CC1. The largest absolute Gasteiger partial charge is 0.491 e. The van der Waals surface area contributed by atoms with Gasteiger partial charge in [0, 0.05) is 23.6 Å². The van der Waals surface area contributed by atoms with Crippen molar-refractivity contribution in [1.82, 2.24) is 9.88 Å². The van der Waals surface area contributed by atoms with E-state index >= 15 is 0 Å². The highest BCUT2D eigenvalue weighted by atomic mass is 19.1. The number of nitrogens with zero attached hydrogens (tertiary/aromatic N) is 1. The Bertz CT molecular complexity index is 1040. The maximum absolute atomic E-state index is 13.5. The highest BCUT2D eigenvalue weighted by molar-refractivity contribution is 5.92. The number of benzene rings is 2. The van der Waals surface area contributed by atoms with Gasteiger partial charge in [0.2, 0.25) is 0 Å². The summed E-state index contributed by atoms with van der Waals surface area (Å²) in [5.41, 5.74) is 2.63. The van der Waals surface area contributed by atoms with Gasteiger partial charge in [-0.2, -0.15) is 0 Å². The number of aromatic amines is 1. The molecule has 0 radical (unpaired) electrons. The molecular weight excluding hydrogens is 407 g/mol. The number of halogens is 1. The molecule has 3 aromatic rings. The number of piperidine rings is 1. The first-order chi connectivity index (χ1) is 15.7. The summed E-state index contributed by atoms with van der Waals surface area (Å²) in [5, 5.41) is 1.12. The number of esters is 1. The molecule has 170 valence electrons. The van der Waals surface area contributed by atoms with Crippen LogP contribution < -0.4 is 4.74 Å². The summed E-state index contributed by atoms with van der Waals surface area (Å²) in [5.74, 6) is 0.518. The monoisotopic (exact) mass is 438 g/mol. The smallest absolute Gasteiger partial charge is 0.341 e. The number of H-pyrrole nitrogens is 1. The van der Waals surface area contributed by atoms with E-state index in [1.54, 1.807) is 12.1 Å². The van der Waals surface area contributed by atoms with Gasteiger partial charge in [0.05, 0.1) is 6.61 Å². The Labute approximate surface area is 188 Å². The van der Waals surface area contributed by atoms with E-state index in [0.717, 1.165) is 56.2 Å². The lowest BCUT2D eigenvalue weighted by molar-refractivity contribution is 0.0494. The normalized spacial score (nSPS) is 15.2. The zero-order valence-electron chi connectivity index (χ0n) is 18.6. The van der Waals surface area contributed by atoms with Crippen LogP contribution in [-0.4, -0.2) is 48.7 Å². The molecule has 2 aromatic carbocycles. The fourth-order valence-electron chi connectivity index (χ4n) is 4.36. The third-order valence-electron chi connectivity index (χ3n) is 6.21. The van der Waals surface area contributed by atoms with Crippen LogP contribution in [0.5, 0.6) is 5.75 Å². The van der Waals surface area contributed by atoms with Gasteiger partial charge in [0.1, 0.15) is 23.7 Å². The lowest BCUT2D eigenvalue weighted by Crippen LogP contribution is -2.35. The number of carbonyl (C=O) groups is 1. The highest BCUT2D eigenvalue weighted by Crippen LogP contribution is 2.33. The van der Waals surface area contributed by atoms with E-state index in [0.29, 0.717) is 30.4 Å². The van der Waals surface area contributed by atoms with Gasteiger partial charge in [-0.1, -0.05) is 25.5 Å². The number of aromatic nitrogens is 1. The first kappa shape index (κ1) is 22.3. The maximum atomic E-state index is 13.5. The molecule has 2 heterocycles. The number of fused-ring (bicyclic) bond motifs is 1. The molecule has 1 aromatic heterocycles. The first-order valence-corrected chi connectivity index (χ1v) is 11.5. The fraction of sp³-hybridized carbons (Fsp3) is 0.423. The Hall–Kier alpha value is -2.86. The van der Waals surface area contributed by atoms with Crippen molar-refractivity contribution in [2.24, 2.45) is 0 Å². The number of ether oxygens (including phenoxy) is 2. The summed E-state index contributed by atoms with van der Waals surface area (Å²) in [6.45, 7) is 5.81. The highest BCUT2D eigenvalue weighted by Gasteiger charge is 2.23. The van der Waals surface area contributed by atoms with E-state index in [2.05, 4.69) is 16.8 Å². The summed E-state index contributed by atoms with van der Waals surface area (Å²) in [6, 6.07) is 12.2. The lowest BCUT2D eigenvalue weighted by atomic mass is 9.89. The average Bonchev–Trinajstić information content (AvgIpc) is 3.23. The number of likely N-dealkylation sites (tertiary alicyclic amines) is 1. The molecule has 0 unspecified atom stereocenters. The van der Waals surface area contributed by atoms with Crippen molar-refractivity contribution >= 4 is 16.9 Å². The van der Waals surface area contributed by atoms with Crippen molar-refractivity contribution in [2.45, 2.75) is 38.5 Å². The minimum atomic E-state index is -0.325. The van der Waals surface area contributed by atoms with Gasteiger partial charge in [0.15, 0.2) is 0 Å². The van der Waals surface area contributed by atoms with E-state index in [-0.39, 0.29) is 11.8 Å². The van der Waals surface area contributed by atoms with Crippen LogP contribution in [0, 0.1) is 5.82 Å². The van der Waals surface area contributed by atoms with Crippen LogP contribution >= 0.6 is 0 Å². The minimum Gasteiger partial charge on any atom is -0.491 e. The molecule has 1 N–H and O–H groups in total. The number of hydrogen-bond acceptors (Lipinski definition) is 4. The van der Waals surface area contributed by atoms with Crippen LogP contribution in [0.3, 0.4) is 0 Å². The molecule has 0 amide bonds. The number of para-hydroxylation sites is 1. The predicted octanol–water partition coefficient (Wildman–Crippen LogP) is 5.52. The van der Waals surface area contributed by atoms with Gasteiger partial charge in [-0.25, -0.2) is 9.18 Å². The average molecular weight is 439 g/mol. The quantitative estimate of drug-likeness (QED) is 0.353. The van der Waals surface area contributed by atoms with Crippen molar-refractivity contribution in [3.8, 4) is 5.75 Å². The third kappa shape index (κ3) is 5.30. The van der Waals surface area contributed by atoms with Gasteiger partial charge < -0.3 is 14.5 Å². The summed E-state index contributed by atoms with van der Waals surface area (Å²) < 4.78 is 24.7. The summed E-state index contributed by atoms with van der Waals surface area (Å²) in [4.78, 5) is 17.9. The van der Waals surface area contributed by atoms with Crippen LogP contribution in [-0.2, 0) is 4.74 Å². The fourth-order valence-corrected chi connectivity index (χ4v) is 4.36. The van der Waals surface area contributed by atoms with E-state index in [1.807, 2.05) is 30.5 Å². The zero-order chi connectivity index (χ0) is 22.3. The molecule has 0 saturated carbocycles.